The molecule has 414 valence electrons. The lowest BCUT2D eigenvalue weighted by Crippen LogP contribution is -2.12. The fourth-order valence-electron chi connectivity index (χ4n) is 14.1. The summed E-state index contributed by atoms with van der Waals surface area (Å²) in [6.45, 7) is 18.4. The van der Waals surface area contributed by atoms with Crippen molar-refractivity contribution in [1.29, 1.82) is 0 Å². The van der Waals surface area contributed by atoms with Gasteiger partial charge >= 0.3 is 0 Å². The van der Waals surface area contributed by atoms with Gasteiger partial charge in [0, 0.05) is 75.0 Å². The zero-order valence-corrected chi connectivity index (χ0v) is 51.2. The molecule has 0 unspecified atom stereocenters. The first-order valence-corrected chi connectivity index (χ1v) is 31.8. The minimum Gasteiger partial charge on any atom is -0.309 e. The number of aromatic nitrogens is 2. The molecule has 4 nitrogen and oxygen atoms in total. The molecule has 0 aliphatic carbocycles. The van der Waals surface area contributed by atoms with Crippen LogP contribution < -0.4 is 9.80 Å². The summed E-state index contributed by atoms with van der Waals surface area (Å²) in [6, 6.07) is 83.7. The van der Waals surface area contributed by atoms with Crippen molar-refractivity contribution in [1.82, 2.24) is 8.80 Å². The van der Waals surface area contributed by atoms with Crippen LogP contribution in [0.3, 0.4) is 0 Å². The van der Waals surface area contributed by atoms with Crippen LogP contribution in [0.4, 0.5) is 34.1 Å². The van der Waals surface area contributed by atoms with Gasteiger partial charge in [-0.05, 0) is 178 Å². The summed E-state index contributed by atoms with van der Waals surface area (Å²) in [4.78, 5) is 5.11. The van der Waals surface area contributed by atoms with Gasteiger partial charge < -0.3 is 18.6 Å². The normalized spacial score (nSPS) is 12.7. The number of aryl methyl sites for hydroxylation is 2. The lowest BCUT2D eigenvalue weighted by molar-refractivity contribution is 0.591. The summed E-state index contributed by atoms with van der Waals surface area (Å²) in [5.41, 5.74) is 24.0. The van der Waals surface area contributed by atoms with Crippen LogP contribution in [0.15, 0.2) is 229 Å². The molecule has 0 fully saturated rings. The number of anilines is 6. The van der Waals surface area contributed by atoms with Gasteiger partial charge in [0.25, 0.3) is 0 Å². The highest BCUT2D eigenvalue weighted by molar-refractivity contribution is 7.17. The molecule has 0 atom stereocenters. The van der Waals surface area contributed by atoms with Crippen LogP contribution in [0.25, 0.3) is 119 Å². The minimum absolute atomic E-state index is 0.0686. The molecule has 6 aromatic heterocycles. The Morgan fingerprint density at radius 1 is 0.337 bits per heavy atom. The number of fused-ring (bicyclic) bond motifs is 14. The van der Waals surface area contributed by atoms with E-state index in [9.17, 15) is 0 Å². The summed E-state index contributed by atoms with van der Waals surface area (Å²) in [5.74, 6) is 0. The Morgan fingerprint density at radius 2 is 0.744 bits per heavy atom. The van der Waals surface area contributed by atoms with Crippen molar-refractivity contribution in [2.24, 2.45) is 0 Å². The second kappa shape index (κ2) is 18.5. The van der Waals surface area contributed by atoms with Gasteiger partial charge in [-0.1, -0.05) is 162 Å². The summed E-state index contributed by atoms with van der Waals surface area (Å²) in [7, 11) is 0. The van der Waals surface area contributed by atoms with Crippen LogP contribution in [-0.2, 0) is 10.8 Å². The quantitative estimate of drug-likeness (QED) is 0.151. The third-order valence-corrected chi connectivity index (χ3v) is 20.3. The summed E-state index contributed by atoms with van der Waals surface area (Å²) >= 11 is 3.61. The number of hydrogen-bond donors (Lipinski definition) is 0. The smallest absolute Gasteiger partial charge is 0.0641 e. The minimum atomic E-state index is -0.0686. The van der Waals surface area contributed by atoms with Crippen LogP contribution in [0.1, 0.15) is 63.8 Å². The van der Waals surface area contributed by atoms with Crippen LogP contribution in [0.5, 0.6) is 0 Å². The highest BCUT2D eigenvalue weighted by Crippen LogP contribution is 2.54. The molecule has 0 bridgehead atoms. The monoisotopic (exact) mass is 1140 g/mol. The van der Waals surface area contributed by atoms with E-state index in [4.69, 9.17) is 0 Å². The average molecular weight is 1140 g/mol. The maximum Gasteiger partial charge on any atom is 0.0641 e. The Labute approximate surface area is 508 Å². The van der Waals surface area contributed by atoms with Crippen molar-refractivity contribution in [3.05, 3.63) is 251 Å². The Hall–Kier alpha value is -9.46. The first kappa shape index (κ1) is 51.0. The van der Waals surface area contributed by atoms with Gasteiger partial charge in [0.2, 0.25) is 0 Å². The first-order valence-electron chi connectivity index (χ1n) is 30.0. The lowest BCUT2D eigenvalue weighted by atomic mass is 9.86. The van der Waals surface area contributed by atoms with E-state index in [0.29, 0.717) is 0 Å². The van der Waals surface area contributed by atoms with Gasteiger partial charge in [-0.15, -0.1) is 22.7 Å². The Morgan fingerprint density at radius 3 is 1.14 bits per heavy atom. The largest absolute Gasteiger partial charge is 0.309 e. The molecule has 0 saturated carbocycles. The van der Waals surface area contributed by atoms with E-state index >= 15 is 0 Å². The van der Waals surface area contributed by atoms with Crippen molar-refractivity contribution in [3.63, 3.8) is 0 Å². The van der Waals surface area contributed by atoms with Gasteiger partial charge in [-0.25, -0.2) is 0 Å². The second-order valence-corrected chi connectivity index (χ2v) is 27.9. The molecule has 6 heteroatoms. The fourth-order valence-corrected chi connectivity index (χ4v) is 15.8. The van der Waals surface area contributed by atoms with Crippen molar-refractivity contribution < 1.29 is 0 Å². The summed E-state index contributed by atoms with van der Waals surface area (Å²) in [6.07, 6.45) is 0. The molecule has 86 heavy (non-hydrogen) atoms. The molecule has 17 aromatic rings. The molecular weight excluding hydrogens is 1080 g/mol. The average Bonchev–Trinajstić information content (AvgIpc) is 1.53. The van der Waals surface area contributed by atoms with Crippen molar-refractivity contribution in [3.8, 4) is 22.3 Å². The van der Waals surface area contributed by atoms with Crippen LogP contribution in [-0.4, -0.2) is 8.80 Å². The zero-order chi connectivity index (χ0) is 58.1. The molecule has 0 saturated heterocycles. The van der Waals surface area contributed by atoms with E-state index in [0.717, 1.165) is 34.1 Å². The molecule has 0 aliphatic heterocycles. The third-order valence-electron chi connectivity index (χ3n) is 18.5. The van der Waals surface area contributed by atoms with Gasteiger partial charge in [0.05, 0.1) is 55.8 Å². The van der Waals surface area contributed by atoms with E-state index in [1.165, 1.54) is 141 Å². The van der Waals surface area contributed by atoms with E-state index in [1.807, 2.05) is 0 Å². The fraction of sp³-hybridized carbons (Fsp3) is 0.125. The number of rotatable bonds is 8. The van der Waals surface area contributed by atoms with E-state index in [1.54, 1.807) is 22.7 Å². The molecular formula is C80H62N4S2. The Balaban J connectivity index is 0.980. The van der Waals surface area contributed by atoms with Crippen LogP contribution in [0.2, 0.25) is 0 Å². The van der Waals surface area contributed by atoms with Crippen molar-refractivity contribution in [2.45, 2.75) is 66.2 Å². The molecule has 0 N–H and O–H groups in total. The van der Waals surface area contributed by atoms with E-state index < -0.39 is 0 Å². The van der Waals surface area contributed by atoms with Gasteiger partial charge in [-0.2, -0.15) is 0 Å². The third kappa shape index (κ3) is 7.58. The highest BCUT2D eigenvalue weighted by Gasteiger charge is 2.31. The maximum atomic E-state index is 2.61. The second-order valence-electron chi connectivity index (χ2n) is 26.0. The number of benzene rings is 11. The zero-order valence-electron chi connectivity index (χ0n) is 49.5. The predicted molar refractivity (Wildman–Crippen MR) is 374 cm³/mol. The van der Waals surface area contributed by atoms with Gasteiger partial charge in [0.15, 0.2) is 0 Å². The maximum absolute atomic E-state index is 2.61. The molecule has 17 rings (SSSR count). The first-order chi connectivity index (χ1) is 41.7. The summed E-state index contributed by atoms with van der Waals surface area (Å²) < 4.78 is 7.75. The lowest BCUT2D eigenvalue weighted by Gasteiger charge is -2.29. The molecule has 0 amide bonds. The van der Waals surface area contributed by atoms with Gasteiger partial charge in [0.1, 0.15) is 0 Å². The topological polar surface area (TPSA) is 15.3 Å². The Kier molecular flexibility index (Phi) is 11.0. The molecule has 6 heterocycles. The molecule has 0 aliphatic rings. The van der Waals surface area contributed by atoms with Crippen LogP contribution in [0, 0.1) is 13.8 Å². The number of nitrogens with zero attached hydrogens (tertiary/aromatic N) is 4. The van der Waals surface area contributed by atoms with E-state index in [-0.39, 0.29) is 10.8 Å². The SMILES string of the molecule is Cc1ccc(N(c2cc3sccc3cc2-c2ccccc2)c2ccc3c4cc5c(cc4n4c6ccc(C(C)(C)C)cc6c2c34)c2ccc(N(c3ccc(C)cc3)c3cc4sccc4cc3-c3ccccc3)c3c4cc(C(C)(C)C)ccc4n5c23)cc1. The number of hydrogen-bond acceptors (Lipinski definition) is 4. The van der Waals surface area contributed by atoms with Crippen molar-refractivity contribution in [2.75, 3.05) is 9.80 Å². The van der Waals surface area contributed by atoms with E-state index in [2.05, 4.69) is 303 Å². The van der Waals surface area contributed by atoms with Gasteiger partial charge in [-0.3, -0.25) is 0 Å². The van der Waals surface area contributed by atoms with Crippen molar-refractivity contribution >= 4 is 153 Å². The predicted octanol–water partition coefficient (Wildman–Crippen LogP) is 23.9. The molecule has 11 aromatic carbocycles. The number of thiophene rings is 2. The standard InChI is InChI=1S/C80H62N4S2/c1-47-19-25-55(26-20-47)81(71-45-73-51(35-37-85-73)39-59(71)49-15-11-9-12-16-49)67-33-29-57-61-43-70-62(44-69(61)83-65-31-23-53(79(3,4)5)41-63(65)75(67)77(57)83)58-30-34-68(76-64-42-54(80(6,7)8)24-32-66(64)84(70)78(58)76)82(56-27-21-48(2)22-28-56)72-46-74-52(36-38-86-74)40-60(72)50-17-13-10-14-18-50/h9-46H,1-8H3. The summed E-state index contributed by atoms with van der Waals surface area (Å²) in [5, 5.41) is 17.0. The molecule has 0 radical (unpaired) electrons. The molecule has 0 spiro atoms. The Bertz CT molecular complexity index is 5200. The highest BCUT2D eigenvalue weighted by atomic mass is 32.1. The van der Waals surface area contributed by atoms with Crippen LogP contribution >= 0.6 is 22.7 Å².